The highest BCUT2D eigenvalue weighted by atomic mass is 16.6. The standard InChI is InChI=1S/C61H74N2O12/c62-51-33-23-47(24-34-51)43-61(44-48-25-35-52(63)36-26-48,59(68)72-41-13-3-1-11-39-70-57(66)49-29-19-45(20-30-49)27-37-55(64)74-53-15-7-5-8-16-53)60(69)73-42-14-4-2-12-40-71-58(67)50-31-21-46(22-32-50)28-38-56(65)75-54-17-9-6-10-18-54/h19-38,53-54H,1-18,39-44,62-63H2/b37-27+,38-28+. The third-order valence-corrected chi connectivity index (χ3v) is 13.5. The van der Waals surface area contributed by atoms with Crippen LogP contribution in [-0.2, 0) is 60.4 Å². The van der Waals surface area contributed by atoms with Gasteiger partial charge >= 0.3 is 35.8 Å². The number of esters is 6. The lowest BCUT2D eigenvalue weighted by atomic mass is 9.76. The highest BCUT2D eigenvalue weighted by molar-refractivity contribution is 6.01. The first kappa shape index (κ1) is 57.1. The number of hydrogen-bond acceptors (Lipinski definition) is 14. The van der Waals surface area contributed by atoms with Gasteiger partial charge in [-0.05, 0) is 199 Å². The molecule has 0 atom stereocenters. The highest BCUT2D eigenvalue weighted by Gasteiger charge is 2.49. The van der Waals surface area contributed by atoms with Gasteiger partial charge in [-0.1, -0.05) is 61.4 Å². The van der Waals surface area contributed by atoms with Gasteiger partial charge in [0.05, 0.1) is 37.6 Å². The van der Waals surface area contributed by atoms with E-state index >= 15 is 0 Å². The molecule has 0 aliphatic heterocycles. The molecule has 0 spiro atoms. The first-order chi connectivity index (χ1) is 36.5. The van der Waals surface area contributed by atoms with Crippen LogP contribution in [0.15, 0.2) is 109 Å². The number of anilines is 2. The number of unbranched alkanes of at least 4 members (excludes halogenated alkanes) is 6. The van der Waals surface area contributed by atoms with Gasteiger partial charge in [-0.15, -0.1) is 0 Å². The van der Waals surface area contributed by atoms with Crippen LogP contribution in [0.2, 0.25) is 0 Å². The Kier molecular flexibility index (Phi) is 23.5. The molecule has 0 bridgehead atoms. The first-order valence-corrected chi connectivity index (χ1v) is 26.8. The van der Waals surface area contributed by atoms with E-state index in [2.05, 4.69) is 0 Å². The van der Waals surface area contributed by atoms with Gasteiger partial charge in [0.1, 0.15) is 12.2 Å². The van der Waals surface area contributed by atoms with Crippen molar-refractivity contribution < 1.29 is 57.2 Å². The van der Waals surface area contributed by atoms with Gasteiger partial charge < -0.3 is 39.9 Å². The number of nitrogens with two attached hydrogens (primary N) is 2. The van der Waals surface area contributed by atoms with Crippen LogP contribution in [0.25, 0.3) is 12.2 Å². The number of carbonyl (C=O) groups excluding carboxylic acids is 6. The molecule has 2 aliphatic carbocycles. The van der Waals surface area contributed by atoms with E-state index in [1.165, 1.54) is 25.0 Å². The van der Waals surface area contributed by atoms with Crippen LogP contribution in [0.4, 0.5) is 11.4 Å². The number of benzene rings is 4. The van der Waals surface area contributed by atoms with E-state index < -0.39 is 29.3 Å². The minimum absolute atomic E-state index is 0.00887. The Labute approximate surface area is 441 Å². The minimum atomic E-state index is -1.72. The van der Waals surface area contributed by atoms with Crippen molar-refractivity contribution in [3.63, 3.8) is 0 Å². The lowest BCUT2D eigenvalue weighted by Gasteiger charge is -2.30. The average Bonchev–Trinajstić information content (AvgIpc) is 3.42. The van der Waals surface area contributed by atoms with Crippen molar-refractivity contribution in [2.45, 2.75) is 141 Å². The summed E-state index contributed by atoms with van der Waals surface area (Å²) < 4.78 is 33.9. The predicted molar refractivity (Wildman–Crippen MR) is 288 cm³/mol. The van der Waals surface area contributed by atoms with Crippen molar-refractivity contribution in [3.8, 4) is 0 Å². The van der Waals surface area contributed by atoms with Gasteiger partial charge in [0.15, 0.2) is 5.41 Å². The monoisotopic (exact) mass is 1030 g/mol. The second-order valence-corrected chi connectivity index (χ2v) is 19.6. The second kappa shape index (κ2) is 30.9. The second-order valence-electron chi connectivity index (χ2n) is 19.6. The topological polar surface area (TPSA) is 210 Å². The van der Waals surface area contributed by atoms with Crippen LogP contribution >= 0.6 is 0 Å². The van der Waals surface area contributed by atoms with E-state index in [4.69, 9.17) is 39.9 Å². The largest absolute Gasteiger partial charge is 0.465 e. The Hall–Kier alpha value is -7.22. The number of ether oxygens (including phenoxy) is 6. The summed E-state index contributed by atoms with van der Waals surface area (Å²) in [7, 11) is 0. The summed E-state index contributed by atoms with van der Waals surface area (Å²) in [6.07, 6.45) is 21.5. The van der Waals surface area contributed by atoms with Crippen molar-refractivity contribution in [3.05, 3.63) is 143 Å². The van der Waals surface area contributed by atoms with Crippen molar-refractivity contribution in [2.24, 2.45) is 5.41 Å². The van der Waals surface area contributed by atoms with Crippen LogP contribution in [0.5, 0.6) is 0 Å². The molecule has 75 heavy (non-hydrogen) atoms. The zero-order valence-corrected chi connectivity index (χ0v) is 43.2. The van der Waals surface area contributed by atoms with Crippen molar-refractivity contribution in [1.82, 2.24) is 0 Å². The molecule has 0 aromatic heterocycles. The van der Waals surface area contributed by atoms with Crippen LogP contribution in [0.3, 0.4) is 0 Å². The van der Waals surface area contributed by atoms with Gasteiger partial charge in [-0.25, -0.2) is 19.2 Å². The van der Waals surface area contributed by atoms with Gasteiger partial charge in [0.2, 0.25) is 0 Å². The molecule has 4 aromatic carbocycles. The minimum Gasteiger partial charge on any atom is -0.465 e. The molecular formula is C61H74N2O12. The number of nitrogen functional groups attached to an aromatic ring is 2. The van der Waals surface area contributed by atoms with E-state index in [-0.39, 0.29) is 63.4 Å². The number of carbonyl (C=O) groups is 6. The molecule has 0 radical (unpaired) electrons. The average molecular weight is 1030 g/mol. The molecule has 400 valence electrons. The normalized spacial score (nSPS) is 14.3. The molecule has 14 nitrogen and oxygen atoms in total. The first-order valence-electron chi connectivity index (χ1n) is 26.8. The van der Waals surface area contributed by atoms with E-state index in [1.54, 1.807) is 109 Å². The van der Waals surface area contributed by atoms with Crippen LogP contribution in [0, 0.1) is 5.41 Å². The molecule has 14 heteroatoms. The molecule has 0 saturated heterocycles. The number of hydrogen-bond donors (Lipinski definition) is 2. The van der Waals surface area contributed by atoms with Gasteiger partial charge in [-0.2, -0.15) is 0 Å². The highest BCUT2D eigenvalue weighted by Crippen LogP contribution is 2.33. The molecule has 6 rings (SSSR count). The maximum Gasteiger partial charge on any atom is 0.338 e. The zero-order chi connectivity index (χ0) is 53.1. The quantitative estimate of drug-likeness (QED) is 0.0135. The lowest BCUT2D eigenvalue weighted by molar-refractivity contribution is -0.173. The molecule has 0 unspecified atom stereocenters. The third-order valence-electron chi connectivity index (χ3n) is 13.5. The van der Waals surface area contributed by atoms with E-state index in [1.807, 2.05) is 0 Å². The Balaban J connectivity index is 0.922. The summed E-state index contributed by atoms with van der Waals surface area (Å²) in [4.78, 5) is 78.6. The van der Waals surface area contributed by atoms with Crippen molar-refractivity contribution >= 4 is 59.3 Å². The van der Waals surface area contributed by atoms with Crippen molar-refractivity contribution in [2.75, 3.05) is 37.9 Å². The molecule has 2 fully saturated rings. The Bertz CT molecular complexity index is 2310. The van der Waals surface area contributed by atoms with Gasteiger partial charge in [0.25, 0.3) is 0 Å². The van der Waals surface area contributed by atoms with E-state index in [9.17, 15) is 28.8 Å². The summed E-state index contributed by atoms with van der Waals surface area (Å²) in [5.41, 5.74) is 15.1. The summed E-state index contributed by atoms with van der Waals surface area (Å²) >= 11 is 0. The van der Waals surface area contributed by atoms with Crippen LogP contribution < -0.4 is 11.5 Å². The molecule has 4 N–H and O–H groups in total. The van der Waals surface area contributed by atoms with Gasteiger partial charge in [0, 0.05) is 23.5 Å². The maximum absolute atomic E-state index is 14.3. The molecule has 0 amide bonds. The maximum atomic E-state index is 14.3. The molecule has 0 heterocycles. The smallest absolute Gasteiger partial charge is 0.338 e. The third kappa shape index (κ3) is 19.9. The molecular weight excluding hydrogens is 953 g/mol. The fourth-order valence-electron chi connectivity index (χ4n) is 9.18. The zero-order valence-electron chi connectivity index (χ0n) is 43.2. The Morgan fingerprint density at radius 2 is 0.760 bits per heavy atom. The fourth-order valence-corrected chi connectivity index (χ4v) is 9.18. The van der Waals surface area contributed by atoms with Crippen molar-refractivity contribution in [1.29, 1.82) is 0 Å². The summed E-state index contributed by atoms with van der Waals surface area (Å²) in [5.74, 6) is -3.01. The fraction of sp³-hybridized carbons (Fsp3) is 0.443. The van der Waals surface area contributed by atoms with Crippen LogP contribution in [0.1, 0.15) is 159 Å². The SMILES string of the molecule is Nc1ccc(CC(Cc2ccc(N)cc2)(C(=O)OCCCCCCOC(=O)c2ccc(/C=C/C(=O)OC3CCCCC3)cc2)C(=O)OCCCCCCOC(=O)c2ccc(/C=C/C(=O)OC3CCCCC3)cc2)cc1. The Morgan fingerprint density at radius 1 is 0.427 bits per heavy atom. The lowest BCUT2D eigenvalue weighted by Crippen LogP contribution is -2.46. The predicted octanol–water partition coefficient (Wildman–Crippen LogP) is 11.3. The van der Waals surface area contributed by atoms with Crippen LogP contribution in [-0.4, -0.2) is 74.5 Å². The molecule has 2 saturated carbocycles. The molecule has 4 aromatic rings. The van der Waals surface area contributed by atoms with E-state index in [0.29, 0.717) is 85.0 Å². The summed E-state index contributed by atoms with van der Waals surface area (Å²) in [6, 6.07) is 27.6. The molecule has 2 aliphatic rings. The summed E-state index contributed by atoms with van der Waals surface area (Å²) in [5, 5.41) is 0. The van der Waals surface area contributed by atoms with E-state index in [0.717, 1.165) is 62.5 Å². The summed E-state index contributed by atoms with van der Waals surface area (Å²) in [6.45, 7) is 0.578. The van der Waals surface area contributed by atoms with Gasteiger partial charge in [-0.3, -0.25) is 9.59 Å². The number of rotatable bonds is 28. The Morgan fingerprint density at radius 3 is 1.11 bits per heavy atom.